The van der Waals surface area contributed by atoms with Crippen LogP contribution in [-0.4, -0.2) is 344 Å². The quantitative estimate of drug-likeness (QED) is 0.0431. The minimum Gasteiger partial charge on any atom is -1.00 e. The number of hydrogen-bond acceptors (Lipinski definition) is 11. The molecule has 78 heavy (non-hydrogen) atoms. The molecule has 0 spiro atoms. The fourth-order valence-electron chi connectivity index (χ4n) is 6.82. The molecule has 484 valence electrons. The van der Waals surface area contributed by atoms with E-state index in [1.165, 1.54) is 0 Å². The molecule has 0 aliphatic rings. The first-order valence-corrected chi connectivity index (χ1v) is 28.7. The fraction of sp³-hybridized carbons (Fsp3) is 1.00. The van der Waals surface area contributed by atoms with Crippen molar-refractivity contribution in [1.29, 1.82) is 0 Å². The Balaban J connectivity index is -0.000000197. The summed E-state index contributed by atoms with van der Waals surface area (Å²) < 4.78 is 64.0. The molecule has 0 amide bonds. The number of methoxy groups -OCH3 is 2. The van der Waals surface area contributed by atoms with E-state index in [0.29, 0.717) is 63.9 Å². The van der Waals surface area contributed by atoms with E-state index in [1.54, 1.807) is 14.2 Å². The number of quaternary nitrogens is 5. The zero-order chi connectivity index (χ0) is 57.1. The van der Waals surface area contributed by atoms with Crippen LogP contribution in [0, 0.1) is 0 Å². The summed E-state index contributed by atoms with van der Waals surface area (Å²) >= 11 is 29.4. The van der Waals surface area contributed by atoms with Crippen LogP contribution in [0.2, 0.25) is 0 Å². The summed E-state index contributed by atoms with van der Waals surface area (Å²) in [5, 5.41) is 0. The van der Waals surface area contributed by atoms with Gasteiger partial charge in [0, 0.05) is 20.1 Å². The number of halogens is 10. The van der Waals surface area contributed by atoms with Crippen LogP contribution in [0.15, 0.2) is 0 Å². The van der Waals surface area contributed by atoms with E-state index in [-0.39, 0.29) is 141 Å². The Morgan fingerprint density at radius 2 is 0.449 bits per heavy atom. The summed E-state index contributed by atoms with van der Waals surface area (Å²) in [4.78, 5) is 2.00. The predicted octanol–water partition coefficient (Wildman–Crippen LogP) is -9.17. The largest absolute Gasteiger partial charge is 1.00 e. The summed E-state index contributed by atoms with van der Waals surface area (Å²) in [6.45, 7) is 12.1. The third kappa shape index (κ3) is 64.3. The first-order valence-electron chi connectivity index (χ1n) is 26.0. The van der Waals surface area contributed by atoms with Gasteiger partial charge in [-0.05, 0) is 34.0 Å². The first kappa shape index (κ1) is 96.6. The molecule has 10 unspecified atom stereocenters. The van der Waals surface area contributed by atoms with Crippen LogP contribution in [0.1, 0.15) is 26.7 Å². The van der Waals surface area contributed by atoms with E-state index in [2.05, 4.69) is 113 Å². The molecular weight excluding hydrogens is 1220 g/mol. The van der Waals surface area contributed by atoms with Crippen LogP contribution in [-0.2, 0) is 47.4 Å². The number of likely N-dealkylation sites (N-methyl/N-ethyl adjacent to an activating group) is 5. The monoisotopic (exact) mass is 1330 g/mol. The zero-order valence-corrected chi connectivity index (χ0v) is 60.0. The third-order valence-corrected chi connectivity index (χ3v) is 12.1. The molecule has 0 saturated heterocycles. The van der Waals surface area contributed by atoms with Gasteiger partial charge in [0.15, 0.2) is 0 Å². The topological polar surface area (TPSA) is 95.5 Å². The lowest BCUT2D eigenvalue weighted by atomic mass is 10.2. The standard InChI is InChI=1S/C32H76N5O5.C17H31Cl5O5.C3H9N.5ClH/c1-18-28(19-33(2,3)4)39-25-30(21-35(8,9)10)41-27-32(23-37(14,15)16)42-26-31(22-36(11,12)13)40-24-29(38-17)20-34(5,6)7;1-3-13(4-18)24-10-15(6-20)26-12-17(8-22)27-11-16(7-21)25-9-14(5-19)23-2;1-4(2)3;;;;;/h28-32H,18-27H2,1-17H3;13-17H,3-12H2,1-2H3;1-3H3;5*1H/q+5;;;;;;;/p-5. The molecule has 0 fully saturated rings. The van der Waals surface area contributed by atoms with Crippen LogP contribution < -0.4 is 62.0 Å². The average Bonchev–Trinajstić information content (AvgIpc) is 3.26. The van der Waals surface area contributed by atoms with Crippen molar-refractivity contribution in [3.05, 3.63) is 0 Å². The maximum absolute atomic E-state index is 6.62. The van der Waals surface area contributed by atoms with Gasteiger partial charge in [-0.15, -0.1) is 58.0 Å². The lowest BCUT2D eigenvalue weighted by Gasteiger charge is -2.35. The lowest BCUT2D eigenvalue weighted by molar-refractivity contribution is -0.876. The van der Waals surface area contributed by atoms with Gasteiger partial charge < -0.3 is 137 Å². The summed E-state index contributed by atoms with van der Waals surface area (Å²) in [5.41, 5.74) is 0. The third-order valence-electron chi connectivity index (χ3n) is 10.3. The second kappa shape index (κ2) is 53.5. The molecule has 0 aromatic heterocycles. The number of ether oxygens (including phenoxy) is 10. The van der Waals surface area contributed by atoms with Crippen molar-refractivity contribution in [2.45, 2.75) is 87.7 Å². The summed E-state index contributed by atoms with van der Waals surface area (Å²) in [7, 11) is 42.3. The summed E-state index contributed by atoms with van der Waals surface area (Å²) in [6.07, 6.45) is 0.895. The Hall–Kier alpha value is 2.26. The Kier molecular flexibility index (Phi) is 66.2. The average molecular weight is 1340 g/mol. The van der Waals surface area contributed by atoms with E-state index in [9.17, 15) is 0 Å². The molecule has 0 aliphatic carbocycles. The molecule has 0 saturated carbocycles. The number of hydrogen-bond donors (Lipinski definition) is 0. The second-order valence-corrected chi connectivity index (χ2v) is 26.2. The predicted molar refractivity (Wildman–Crippen MR) is 308 cm³/mol. The van der Waals surface area contributed by atoms with Crippen LogP contribution in [0.4, 0.5) is 0 Å². The molecule has 0 radical (unpaired) electrons. The van der Waals surface area contributed by atoms with Gasteiger partial charge in [0.25, 0.3) is 0 Å². The maximum atomic E-state index is 6.62. The highest BCUT2D eigenvalue weighted by Gasteiger charge is 2.30. The minimum absolute atomic E-state index is 0. The molecule has 0 N–H and O–H groups in total. The van der Waals surface area contributed by atoms with Crippen molar-refractivity contribution in [3.8, 4) is 0 Å². The van der Waals surface area contributed by atoms with Crippen LogP contribution in [0.25, 0.3) is 0 Å². The van der Waals surface area contributed by atoms with Gasteiger partial charge in [0.05, 0.1) is 213 Å². The molecule has 26 heteroatoms. The smallest absolute Gasteiger partial charge is 0.130 e. The van der Waals surface area contributed by atoms with E-state index < -0.39 is 0 Å². The molecule has 0 rings (SSSR count). The number of alkyl halides is 5. The van der Waals surface area contributed by atoms with Crippen molar-refractivity contribution < 1.29 is 132 Å². The summed E-state index contributed by atoms with van der Waals surface area (Å²) in [6, 6.07) is 0. The van der Waals surface area contributed by atoms with Crippen LogP contribution in [0.5, 0.6) is 0 Å². The highest BCUT2D eigenvalue weighted by atomic mass is 35.5. The van der Waals surface area contributed by atoms with Crippen molar-refractivity contribution in [1.82, 2.24) is 4.90 Å². The Morgan fingerprint density at radius 1 is 0.282 bits per heavy atom. The highest BCUT2D eigenvalue weighted by molar-refractivity contribution is 6.19. The normalized spacial score (nSPS) is 16.0. The number of nitrogens with zero attached hydrogens (tertiary/aromatic N) is 6. The van der Waals surface area contributed by atoms with Gasteiger partial charge >= 0.3 is 0 Å². The zero-order valence-electron chi connectivity index (χ0n) is 52.5. The molecule has 0 aromatic rings. The molecule has 0 bridgehead atoms. The van der Waals surface area contributed by atoms with E-state index >= 15 is 0 Å². The molecule has 10 atom stereocenters. The fourth-order valence-corrected chi connectivity index (χ4v) is 7.87. The Bertz CT molecular complexity index is 1190. The highest BCUT2D eigenvalue weighted by Crippen LogP contribution is 2.14. The van der Waals surface area contributed by atoms with Crippen molar-refractivity contribution in [2.75, 3.05) is 256 Å². The summed E-state index contributed by atoms with van der Waals surface area (Å²) in [5.74, 6) is 1.63. The van der Waals surface area contributed by atoms with Crippen molar-refractivity contribution in [3.63, 3.8) is 0 Å². The van der Waals surface area contributed by atoms with E-state index in [4.69, 9.17) is 105 Å². The van der Waals surface area contributed by atoms with Crippen LogP contribution in [0.3, 0.4) is 0 Å². The number of rotatable bonds is 43. The first-order chi connectivity index (χ1) is 33.6. The Labute approximate surface area is 534 Å². The SMILES string of the molecule is CCC(CCl)OCC(CCl)OCC(CCl)OCC(CCl)OCC(CCl)OC.CCC(C[N+](C)(C)C)OCC(C[N+](C)(C)C)OCC(C[N+](C)(C)C)OCC(C[N+](C)(C)C)OCC(C[N+](C)(C)C)OC.CN(C)C.[Cl-].[Cl-].[Cl-].[Cl-].[Cl-]. The van der Waals surface area contributed by atoms with Gasteiger partial charge in [-0.25, -0.2) is 0 Å². The Morgan fingerprint density at radius 3 is 0.667 bits per heavy atom. The second-order valence-electron chi connectivity index (χ2n) is 24.7. The van der Waals surface area contributed by atoms with Crippen LogP contribution >= 0.6 is 58.0 Å². The maximum Gasteiger partial charge on any atom is 0.130 e. The van der Waals surface area contributed by atoms with E-state index in [0.717, 1.165) is 68.0 Å². The minimum atomic E-state index is -0.312. The van der Waals surface area contributed by atoms with Gasteiger partial charge in [-0.3, -0.25) is 0 Å². The van der Waals surface area contributed by atoms with Gasteiger partial charge in [0.2, 0.25) is 0 Å². The van der Waals surface area contributed by atoms with Gasteiger partial charge in [-0.1, -0.05) is 13.8 Å². The molecule has 0 aromatic carbocycles. The lowest BCUT2D eigenvalue weighted by Crippen LogP contribution is -3.00. The molecule has 0 heterocycles. The van der Waals surface area contributed by atoms with Crippen molar-refractivity contribution >= 4 is 58.0 Å². The molecule has 16 nitrogen and oxygen atoms in total. The van der Waals surface area contributed by atoms with Crippen molar-refractivity contribution in [2.24, 2.45) is 0 Å². The molecular formula is C52H116Cl10N6O10. The van der Waals surface area contributed by atoms with E-state index in [1.807, 2.05) is 33.0 Å². The molecule has 0 aliphatic heterocycles. The van der Waals surface area contributed by atoms with Gasteiger partial charge in [-0.2, -0.15) is 0 Å². The van der Waals surface area contributed by atoms with Gasteiger partial charge in [0.1, 0.15) is 63.2 Å².